The molecule has 2 aromatic rings. The van der Waals surface area contributed by atoms with E-state index in [4.69, 9.17) is 0 Å². The predicted molar refractivity (Wildman–Crippen MR) is 81.3 cm³/mol. The van der Waals surface area contributed by atoms with Gasteiger partial charge in [0, 0.05) is 6.54 Å². The van der Waals surface area contributed by atoms with E-state index in [1.165, 1.54) is 0 Å². The summed E-state index contributed by atoms with van der Waals surface area (Å²) in [5, 5.41) is 0. The number of sulfonamides is 1. The van der Waals surface area contributed by atoms with Crippen molar-refractivity contribution < 1.29 is 8.42 Å². The molecule has 4 heteroatoms. The molecule has 1 N–H and O–H groups in total. The van der Waals surface area contributed by atoms with Gasteiger partial charge in [0.05, 0.1) is 4.90 Å². The number of benzene rings is 2. The molecule has 0 amide bonds. The fourth-order valence-electron chi connectivity index (χ4n) is 2.05. The van der Waals surface area contributed by atoms with Gasteiger partial charge in [-0.15, -0.1) is 0 Å². The van der Waals surface area contributed by atoms with Crippen molar-refractivity contribution in [2.45, 2.75) is 25.2 Å². The van der Waals surface area contributed by atoms with E-state index in [0.29, 0.717) is 17.9 Å². The molecule has 106 valence electrons. The molecule has 0 atom stereocenters. The molecule has 0 aromatic heterocycles. The Balaban J connectivity index is 2.06. The number of nitrogens with one attached hydrogen (secondary N) is 1. The van der Waals surface area contributed by atoms with E-state index in [1.54, 1.807) is 6.07 Å². The lowest BCUT2D eigenvalue weighted by Gasteiger charge is -2.10. The second-order valence-electron chi connectivity index (χ2n) is 4.90. The molecular weight excluding hydrogens is 270 g/mol. The molecule has 3 nitrogen and oxygen atoms in total. The zero-order valence-corrected chi connectivity index (χ0v) is 12.6. The Morgan fingerprint density at radius 3 is 2.40 bits per heavy atom. The van der Waals surface area contributed by atoms with E-state index in [0.717, 1.165) is 16.7 Å². The molecule has 20 heavy (non-hydrogen) atoms. The molecule has 0 bridgehead atoms. The largest absolute Gasteiger partial charge is 0.240 e. The molecule has 0 spiro atoms. The quantitative estimate of drug-likeness (QED) is 0.920. The van der Waals surface area contributed by atoms with Crippen LogP contribution in [0.4, 0.5) is 0 Å². The third kappa shape index (κ3) is 3.68. The van der Waals surface area contributed by atoms with Crippen LogP contribution >= 0.6 is 0 Å². The van der Waals surface area contributed by atoms with Gasteiger partial charge < -0.3 is 0 Å². The van der Waals surface area contributed by atoms with Gasteiger partial charge >= 0.3 is 0 Å². The lowest BCUT2D eigenvalue weighted by atomic mass is 10.2. The van der Waals surface area contributed by atoms with E-state index < -0.39 is 10.0 Å². The van der Waals surface area contributed by atoms with Crippen molar-refractivity contribution in [3.8, 4) is 0 Å². The molecule has 0 aliphatic heterocycles. The van der Waals surface area contributed by atoms with E-state index in [-0.39, 0.29) is 0 Å². The Morgan fingerprint density at radius 1 is 1.00 bits per heavy atom. The van der Waals surface area contributed by atoms with Gasteiger partial charge in [0.25, 0.3) is 0 Å². The summed E-state index contributed by atoms with van der Waals surface area (Å²) in [7, 11) is -3.43. The van der Waals surface area contributed by atoms with E-state index in [9.17, 15) is 8.42 Å². The SMILES string of the molecule is Cc1ccc(C)c(S(=O)(=O)NCCc2ccccc2)c1. The Morgan fingerprint density at radius 2 is 1.70 bits per heavy atom. The summed E-state index contributed by atoms with van der Waals surface area (Å²) in [6, 6.07) is 15.3. The number of rotatable bonds is 5. The molecule has 0 fully saturated rings. The van der Waals surface area contributed by atoms with Crippen molar-refractivity contribution in [3.63, 3.8) is 0 Å². The Kier molecular flexibility index (Phi) is 4.57. The molecule has 0 saturated carbocycles. The van der Waals surface area contributed by atoms with E-state index in [2.05, 4.69) is 4.72 Å². The Hall–Kier alpha value is -1.65. The monoisotopic (exact) mass is 289 g/mol. The summed E-state index contributed by atoms with van der Waals surface area (Å²) in [6.45, 7) is 4.10. The Labute approximate surface area is 120 Å². The van der Waals surface area contributed by atoms with Crippen molar-refractivity contribution in [2.24, 2.45) is 0 Å². The third-order valence-corrected chi connectivity index (χ3v) is 4.78. The highest BCUT2D eigenvalue weighted by molar-refractivity contribution is 7.89. The highest BCUT2D eigenvalue weighted by atomic mass is 32.2. The molecule has 0 aliphatic rings. The molecule has 2 rings (SSSR count). The van der Waals surface area contributed by atoms with Crippen LogP contribution in [-0.2, 0) is 16.4 Å². The molecule has 0 saturated heterocycles. The van der Waals surface area contributed by atoms with Crippen LogP contribution in [-0.4, -0.2) is 15.0 Å². The smallest absolute Gasteiger partial charge is 0.211 e. The topological polar surface area (TPSA) is 46.2 Å². The van der Waals surface area contributed by atoms with Crippen LogP contribution in [0.1, 0.15) is 16.7 Å². The van der Waals surface area contributed by atoms with Gasteiger partial charge in [-0.1, -0.05) is 42.5 Å². The van der Waals surface area contributed by atoms with Gasteiger partial charge in [-0.25, -0.2) is 13.1 Å². The average molecular weight is 289 g/mol. The highest BCUT2D eigenvalue weighted by Gasteiger charge is 2.16. The summed E-state index contributed by atoms with van der Waals surface area (Å²) >= 11 is 0. The predicted octanol–water partition coefficient (Wildman–Crippen LogP) is 2.82. The Bertz CT molecular complexity index is 679. The second-order valence-corrected chi connectivity index (χ2v) is 6.64. The number of hydrogen-bond donors (Lipinski definition) is 1. The fourth-order valence-corrected chi connectivity index (χ4v) is 3.41. The standard InChI is InChI=1S/C16H19NO2S/c1-13-8-9-14(2)16(12-13)20(18,19)17-11-10-15-6-4-3-5-7-15/h3-9,12,17H,10-11H2,1-2H3. The zero-order valence-electron chi connectivity index (χ0n) is 11.8. The maximum atomic E-state index is 12.3. The molecular formula is C16H19NO2S. The van der Waals surface area contributed by atoms with Crippen molar-refractivity contribution in [3.05, 3.63) is 65.2 Å². The van der Waals surface area contributed by atoms with Gasteiger partial charge in [0.15, 0.2) is 0 Å². The van der Waals surface area contributed by atoms with Crippen LogP contribution < -0.4 is 4.72 Å². The molecule has 0 heterocycles. The normalized spacial score (nSPS) is 11.5. The first-order valence-corrected chi connectivity index (χ1v) is 8.08. The first-order valence-electron chi connectivity index (χ1n) is 6.60. The minimum Gasteiger partial charge on any atom is -0.211 e. The third-order valence-electron chi connectivity index (χ3n) is 3.18. The number of aryl methyl sites for hydroxylation is 2. The van der Waals surface area contributed by atoms with Crippen LogP contribution in [0.3, 0.4) is 0 Å². The van der Waals surface area contributed by atoms with Crippen molar-refractivity contribution in [2.75, 3.05) is 6.54 Å². The van der Waals surface area contributed by atoms with Gasteiger partial charge in [0.2, 0.25) is 10.0 Å². The van der Waals surface area contributed by atoms with Crippen molar-refractivity contribution in [1.29, 1.82) is 0 Å². The first-order chi connectivity index (χ1) is 9.49. The van der Waals surface area contributed by atoms with Crippen LogP contribution in [0.5, 0.6) is 0 Å². The van der Waals surface area contributed by atoms with Crippen LogP contribution in [0, 0.1) is 13.8 Å². The van der Waals surface area contributed by atoms with E-state index >= 15 is 0 Å². The zero-order chi connectivity index (χ0) is 14.6. The van der Waals surface area contributed by atoms with Crippen molar-refractivity contribution in [1.82, 2.24) is 4.72 Å². The van der Waals surface area contributed by atoms with Gasteiger partial charge in [-0.05, 0) is 43.0 Å². The second kappa shape index (κ2) is 6.20. The average Bonchev–Trinajstić information content (AvgIpc) is 2.42. The minimum absolute atomic E-state index is 0.366. The summed E-state index contributed by atoms with van der Waals surface area (Å²) in [5.41, 5.74) is 2.83. The van der Waals surface area contributed by atoms with Gasteiger partial charge in [-0.3, -0.25) is 0 Å². The van der Waals surface area contributed by atoms with Crippen molar-refractivity contribution >= 4 is 10.0 Å². The van der Waals surface area contributed by atoms with Crippen LogP contribution in [0.25, 0.3) is 0 Å². The minimum atomic E-state index is -3.43. The molecule has 2 aromatic carbocycles. The maximum Gasteiger partial charge on any atom is 0.240 e. The molecule has 0 radical (unpaired) electrons. The maximum absolute atomic E-state index is 12.3. The lowest BCUT2D eigenvalue weighted by molar-refractivity contribution is 0.581. The van der Waals surface area contributed by atoms with Gasteiger partial charge in [0.1, 0.15) is 0 Å². The molecule has 0 unspecified atom stereocenters. The summed E-state index contributed by atoms with van der Waals surface area (Å²) in [6.07, 6.45) is 0.685. The van der Waals surface area contributed by atoms with E-state index in [1.807, 2.05) is 56.3 Å². The molecule has 0 aliphatic carbocycles. The van der Waals surface area contributed by atoms with Crippen LogP contribution in [0.15, 0.2) is 53.4 Å². The van der Waals surface area contributed by atoms with Gasteiger partial charge in [-0.2, -0.15) is 0 Å². The number of hydrogen-bond acceptors (Lipinski definition) is 2. The fraction of sp³-hybridized carbons (Fsp3) is 0.250. The highest BCUT2D eigenvalue weighted by Crippen LogP contribution is 2.16. The first kappa shape index (κ1) is 14.8. The summed E-state index contributed by atoms with van der Waals surface area (Å²) in [4.78, 5) is 0.366. The van der Waals surface area contributed by atoms with Crippen LogP contribution in [0.2, 0.25) is 0 Å². The summed E-state index contributed by atoms with van der Waals surface area (Å²) < 4.78 is 27.2. The summed E-state index contributed by atoms with van der Waals surface area (Å²) in [5.74, 6) is 0. The lowest BCUT2D eigenvalue weighted by Crippen LogP contribution is -2.26.